The van der Waals surface area contributed by atoms with Gasteiger partial charge >= 0.3 is 18.2 Å². The van der Waals surface area contributed by atoms with E-state index in [0.717, 1.165) is 60.7 Å². The van der Waals surface area contributed by atoms with Crippen molar-refractivity contribution in [1.82, 2.24) is 0 Å². The number of alkyl halides is 3. The van der Waals surface area contributed by atoms with Crippen LogP contribution in [0.25, 0.3) is 0 Å². The van der Waals surface area contributed by atoms with Gasteiger partial charge in [-0.15, -0.1) is 0 Å². The summed E-state index contributed by atoms with van der Waals surface area (Å²) in [4.78, 5) is 23.2. The van der Waals surface area contributed by atoms with E-state index in [2.05, 4.69) is 10.1 Å². The molecule has 10 nitrogen and oxygen atoms in total. The molecule has 0 heterocycles. The SMILES string of the molecule is COc1cc(S(=O)(=O)N(CC[C@@H](CC(=O)O)C2CC2)c2cc(NC(=O)OC(C)(C)C(F)(F)F)ccc2O)ccc1F. The van der Waals surface area contributed by atoms with E-state index in [4.69, 9.17) is 4.74 Å². The topological polar surface area (TPSA) is 142 Å². The van der Waals surface area contributed by atoms with Gasteiger partial charge in [0.1, 0.15) is 5.75 Å². The molecule has 2 aromatic carbocycles. The first-order chi connectivity index (χ1) is 19.0. The third-order valence-corrected chi connectivity index (χ3v) is 8.47. The Morgan fingerprint density at radius 1 is 1.15 bits per heavy atom. The van der Waals surface area contributed by atoms with Gasteiger partial charge in [-0.2, -0.15) is 13.2 Å². The number of hydrogen-bond acceptors (Lipinski definition) is 7. The molecule has 1 amide bonds. The van der Waals surface area contributed by atoms with Crippen molar-refractivity contribution in [2.24, 2.45) is 11.8 Å². The standard InChI is InChI=1S/C26H30F4N2O8S/c1-25(2,26(28,29)30)40-24(36)31-17-6-9-21(33)20(13-17)32(11-10-16(12-23(34)35)15-4-5-15)41(37,38)18-7-8-19(27)22(14-18)39-3/h6-9,13-16,33H,4-5,10-12H2,1-3H3,(H,31,36)(H,34,35)/t16-/m0/s1. The van der Waals surface area contributed by atoms with Crippen molar-refractivity contribution < 1.29 is 55.3 Å². The second kappa shape index (κ2) is 12.0. The molecule has 41 heavy (non-hydrogen) atoms. The molecule has 2 aromatic rings. The number of ether oxygens (including phenoxy) is 2. The molecule has 15 heteroatoms. The van der Waals surface area contributed by atoms with Crippen LogP contribution < -0.4 is 14.4 Å². The summed E-state index contributed by atoms with van der Waals surface area (Å²) in [5.41, 5.74) is -3.41. The lowest BCUT2D eigenvalue weighted by Crippen LogP contribution is -2.44. The maximum absolute atomic E-state index is 14.0. The summed E-state index contributed by atoms with van der Waals surface area (Å²) < 4.78 is 91.2. The van der Waals surface area contributed by atoms with E-state index in [1.54, 1.807) is 0 Å². The first kappa shape index (κ1) is 31.8. The number of aromatic hydroxyl groups is 1. The minimum absolute atomic E-state index is 0.0768. The van der Waals surface area contributed by atoms with E-state index in [9.17, 15) is 45.8 Å². The highest BCUT2D eigenvalue weighted by Crippen LogP contribution is 2.42. The van der Waals surface area contributed by atoms with Gasteiger partial charge in [-0.3, -0.25) is 14.4 Å². The number of nitrogens with zero attached hydrogens (tertiary/aromatic N) is 1. The van der Waals surface area contributed by atoms with Gasteiger partial charge in [-0.05, 0) is 75.3 Å². The van der Waals surface area contributed by atoms with E-state index in [-0.39, 0.29) is 48.3 Å². The highest BCUT2D eigenvalue weighted by molar-refractivity contribution is 7.92. The molecule has 1 aliphatic carbocycles. The molecule has 0 aromatic heterocycles. The molecule has 1 fully saturated rings. The normalized spacial score (nSPS) is 14.7. The fraction of sp³-hybridized carbons (Fsp3) is 0.462. The Kier molecular flexibility index (Phi) is 9.30. The van der Waals surface area contributed by atoms with Gasteiger partial charge in [0.2, 0.25) is 5.60 Å². The molecule has 0 bridgehead atoms. The number of phenols is 1. The molecule has 0 saturated heterocycles. The van der Waals surface area contributed by atoms with Gasteiger partial charge in [0, 0.05) is 24.7 Å². The van der Waals surface area contributed by atoms with E-state index in [0.29, 0.717) is 13.8 Å². The molecule has 0 aliphatic heterocycles. The van der Waals surface area contributed by atoms with Crippen molar-refractivity contribution in [3.05, 3.63) is 42.2 Å². The van der Waals surface area contributed by atoms with E-state index in [1.165, 1.54) is 0 Å². The van der Waals surface area contributed by atoms with E-state index in [1.807, 2.05) is 0 Å². The van der Waals surface area contributed by atoms with E-state index >= 15 is 0 Å². The van der Waals surface area contributed by atoms with Crippen LogP contribution in [0.3, 0.4) is 0 Å². The van der Waals surface area contributed by atoms with Crippen molar-refractivity contribution in [3.8, 4) is 11.5 Å². The van der Waals surface area contributed by atoms with E-state index < -0.39 is 50.3 Å². The number of amides is 1. The largest absolute Gasteiger partial charge is 0.506 e. The molecule has 226 valence electrons. The number of sulfonamides is 1. The van der Waals surface area contributed by atoms with Crippen LogP contribution in [0.1, 0.15) is 39.5 Å². The molecule has 0 unspecified atom stereocenters. The Hall–Kier alpha value is -3.75. The molecule has 0 radical (unpaired) electrons. The lowest BCUT2D eigenvalue weighted by Gasteiger charge is -2.28. The minimum Gasteiger partial charge on any atom is -0.506 e. The summed E-state index contributed by atoms with van der Waals surface area (Å²) in [6.07, 6.45) is -4.94. The Morgan fingerprint density at radius 2 is 1.80 bits per heavy atom. The first-order valence-corrected chi connectivity index (χ1v) is 13.9. The zero-order chi connectivity index (χ0) is 30.8. The van der Waals surface area contributed by atoms with Gasteiger partial charge in [-0.1, -0.05) is 0 Å². The number of nitrogens with one attached hydrogen (secondary N) is 1. The van der Waals surface area contributed by atoms with Crippen molar-refractivity contribution >= 4 is 33.5 Å². The number of rotatable bonds is 12. The molecule has 1 aliphatic rings. The van der Waals surface area contributed by atoms with Gasteiger partial charge in [0.05, 0.1) is 17.7 Å². The van der Waals surface area contributed by atoms with Gasteiger partial charge in [0.15, 0.2) is 11.6 Å². The van der Waals surface area contributed by atoms with Crippen LogP contribution >= 0.6 is 0 Å². The Labute approximate surface area is 233 Å². The third kappa shape index (κ3) is 7.71. The number of carbonyl (C=O) groups is 2. The zero-order valence-electron chi connectivity index (χ0n) is 22.4. The molecule has 3 N–H and O–H groups in total. The average Bonchev–Trinajstić information content (AvgIpc) is 3.69. The second-order valence-electron chi connectivity index (χ2n) is 10.1. The number of carbonyl (C=O) groups excluding carboxylic acids is 1. The fourth-order valence-corrected chi connectivity index (χ4v) is 5.61. The predicted octanol–water partition coefficient (Wildman–Crippen LogP) is 5.52. The number of carboxylic acids is 1. The lowest BCUT2D eigenvalue weighted by atomic mass is 9.96. The Morgan fingerprint density at radius 3 is 2.37 bits per heavy atom. The van der Waals surface area contributed by atoms with Crippen molar-refractivity contribution in [2.75, 3.05) is 23.3 Å². The maximum Gasteiger partial charge on any atom is 0.427 e. The number of methoxy groups -OCH3 is 1. The summed E-state index contributed by atoms with van der Waals surface area (Å²) in [5.74, 6) is -3.14. The van der Waals surface area contributed by atoms with Gasteiger partial charge < -0.3 is 19.7 Å². The van der Waals surface area contributed by atoms with Crippen LogP contribution in [-0.2, 0) is 19.6 Å². The number of halogens is 4. The Bertz CT molecular complexity index is 1390. The lowest BCUT2D eigenvalue weighted by molar-refractivity contribution is -0.242. The number of phenolic OH excluding ortho intramolecular Hbond substituents is 1. The molecular formula is C26H30F4N2O8S. The number of benzene rings is 2. The zero-order valence-corrected chi connectivity index (χ0v) is 23.2. The highest BCUT2D eigenvalue weighted by atomic mass is 32.2. The maximum atomic E-state index is 14.0. The van der Waals surface area contributed by atoms with Crippen LogP contribution in [0.2, 0.25) is 0 Å². The van der Waals surface area contributed by atoms with Crippen LogP contribution in [0.5, 0.6) is 11.5 Å². The smallest absolute Gasteiger partial charge is 0.427 e. The fourth-order valence-electron chi connectivity index (χ4n) is 4.11. The van der Waals surface area contributed by atoms with Crippen molar-refractivity contribution in [2.45, 2.75) is 56.2 Å². The quantitative estimate of drug-likeness (QED) is 0.212. The number of aliphatic carboxylic acids is 1. The van der Waals surface area contributed by atoms with Crippen molar-refractivity contribution in [1.29, 1.82) is 0 Å². The van der Waals surface area contributed by atoms with Crippen LogP contribution in [0, 0.1) is 17.7 Å². The summed E-state index contributed by atoms with van der Waals surface area (Å²) in [6, 6.07) is 5.93. The second-order valence-corrected chi connectivity index (χ2v) is 11.9. The van der Waals surface area contributed by atoms with Crippen molar-refractivity contribution in [3.63, 3.8) is 0 Å². The number of hydrogen-bond donors (Lipinski definition) is 3. The third-order valence-electron chi connectivity index (χ3n) is 6.66. The number of anilines is 2. The van der Waals surface area contributed by atoms with Crippen LogP contribution in [0.15, 0.2) is 41.3 Å². The van der Waals surface area contributed by atoms with Crippen LogP contribution in [0.4, 0.5) is 33.7 Å². The summed E-state index contributed by atoms with van der Waals surface area (Å²) in [6.45, 7) is 0.972. The molecular weight excluding hydrogens is 576 g/mol. The summed E-state index contributed by atoms with van der Waals surface area (Å²) >= 11 is 0. The first-order valence-electron chi connectivity index (χ1n) is 12.4. The highest BCUT2D eigenvalue weighted by Gasteiger charge is 2.51. The number of carboxylic acid groups (broad SMARTS) is 1. The van der Waals surface area contributed by atoms with Gasteiger partial charge in [-0.25, -0.2) is 17.6 Å². The average molecular weight is 607 g/mol. The molecule has 3 rings (SSSR count). The minimum atomic E-state index is -4.88. The monoisotopic (exact) mass is 606 g/mol. The van der Waals surface area contributed by atoms with Crippen LogP contribution in [-0.4, -0.2) is 56.1 Å². The van der Waals surface area contributed by atoms with Gasteiger partial charge in [0.25, 0.3) is 10.0 Å². The molecule has 0 spiro atoms. The summed E-state index contributed by atoms with van der Waals surface area (Å²) in [7, 11) is -3.42. The molecule has 1 saturated carbocycles. The molecule has 1 atom stereocenters. The summed E-state index contributed by atoms with van der Waals surface area (Å²) in [5, 5.41) is 22.0. The Balaban J connectivity index is 2.00. The predicted molar refractivity (Wildman–Crippen MR) is 139 cm³/mol.